The number of Topliss-reactive ketones (excluding diaryl/α,β-unsaturated/α-hetero) is 1. The average molecular weight is 453 g/mol. The minimum atomic E-state index is -3.76. The summed E-state index contributed by atoms with van der Waals surface area (Å²) in [6.45, 7) is 7.75. The highest BCUT2D eigenvalue weighted by molar-refractivity contribution is 7.89. The quantitative estimate of drug-likeness (QED) is 0.612. The molecule has 2 heterocycles. The van der Waals surface area contributed by atoms with Crippen molar-refractivity contribution in [3.05, 3.63) is 23.8 Å². The largest absolute Gasteiger partial charge is 0.454 e. The van der Waals surface area contributed by atoms with Crippen LogP contribution in [0.2, 0.25) is 0 Å². The van der Waals surface area contributed by atoms with Crippen LogP contribution in [0.15, 0.2) is 23.1 Å². The minimum Gasteiger partial charge on any atom is -0.454 e. The van der Waals surface area contributed by atoms with Crippen LogP contribution in [0.4, 0.5) is 5.69 Å². The standard InChI is InChI=1S/C22H32N2O6S/c1-22(2,3)20(25)16-30-21(26)18-15-17(31(27,28)24-11-13-29-14-12-24)7-8-19(18)23-9-5-4-6-10-23/h7-8,15H,4-6,9-14,16H2,1-3H3. The van der Waals surface area contributed by atoms with Crippen molar-refractivity contribution < 1.29 is 27.5 Å². The molecular weight excluding hydrogens is 420 g/mol. The van der Waals surface area contributed by atoms with E-state index >= 15 is 0 Å². The Morgan fingerprint density at radius 3 is 2.29 bits per heavy atom. The van der Waals surface area contributed by atoms with E-state index in [-0.39, 0.29) is 35.9 Å². The molecule has 3 rings (SSSR count). The fraction of sp³-hybridized carbons (Fsp3) is 0.636. The summed E-state index contributed by atoms with van der Waals surface area (Å²) in [5, 5.41) is 0. The first-order chi connectivity index (χ1) is 14.6. The van der Waals surface area contributed by atoms with Crippen LogP contribution in [0.5, 0.6) is 0 Å². The van der Waals surface area contributed by atoms with Gasteiger partial charge >= 0.3 is 5.97 Å². The van der Waals surface area contributed by atoms with E-state index in [1.807, 2.05) is 0 Å². The molecule has 1 aromatic carbocycles. The highest BCUT2D eigenvalue weighted by atomic mass is 32.2. The van der Waals surface area contributed by atoms with E-state index < -0.39 is 21.4 Å². The predicted molar refractivity (Wildman–Crippen MR) is 117 cm³/mol. The zero-order chi connectivity index (χ0) is 22.6. The van der Waals surface area contributed by atoms with E-state index in [9.17, 15) is 18.0 Å². The van der Waals surface area contributed by atoms with Crippen molar-refractivity contribution >= 4 is 27.5 Å². The molecular formula is C22H32N2O6S. The van der Waals surface area contributed by atoms with Crippen molar-refractivity contribution in [2.24, 2.45) is 5.41 Å². The van der Waals surface area contributed by atoms with Crippen LogP contribution < -0.4 is 4.90 Å². The first kappa shape index (κ1) is 23.7. The number of carbonyl (C=O) groups is 2. The van der Waals surface area contributed by atoms with Gasteiger partial charge in [-0.05, 0) is 37.5 Å². The average Bonchev–Trinajstić information content (AvgIpc) is 2.77. The van der Waals surface area contributed by atoms with Gasteiger partial charge < -0.3 is 14.4 Å². The number of hydrogen-bond donors (Lipinski definition) is 0. The second kappa shape index (κ2) is 9.67. The summed E-state index contributed by atoms with van der Waals surface area (Å²) in [7, 11) is -3.76. The number of esters is 1. The van der Waals surface area contributed by atoms with Gasteiger partial charge in [-0.2, -0.15) is 4.31 Å². The van der Waals surface area contributed by atoms with Crippen molar-refractivity contribution in [3.8, 4) is 0 Å². The molecule has 0 bridgehead atoms. The molecule has 2 aliphatic rings. The fourth-order valence-electron chi connectivity index (χ4n) is 3.61. The lowest BCUT2D eigenvalue weighted by atomic mass is 9.91. The van der Waals surface area contributed by atoms with Crippen molar-refractivity contribution in [1.82, 2.24) is 4.31 Å². The van der Waals surface area contributed by atoms with Gasteiger partial charge in [-0.15, -0.1) is 0 Å². The normalized spacial score (nSPS) is 18.6. The van der Waals surface area contributed by atoms with E-state index in [1.165, 1.54) is 10.4 Å². The Kier molecular flexibility index (Phi) is 7.39. The molecule has 2 fully saturated rings. The second-order valence-electron chi connectivity index (χ2n) is 8.99. The fourth-order valence-corrected chi connectivity index (χ4v) is 5.05. The monoisotopic (exact) mass is 452 g/mol. The first-order valence-corrected chi connectivity index (χ1v) is 12.2. The summed E-state index contributed by atoms with van der Waals surface area (Å²) in [6, 6.07) is 4.62. The number of piperidine rings is 1. The lowest BCUT2D eigenvalue weighted by Gasteiger charge is -2.31. The van der Waals surface area contributed by atoms with Gasteiger partial charge in [0.05, 0.1) is 29.4 Å². The Bertz CT molecular complexity index is 910. The molecule has 1 aromatic rings. The highest BCUT2D eigenvalue weighted by Crippen LogP contribution is 2.29. The van der Waals surface area contributed by atoms with Crippen LogP contribution in [-0.2, 0) is 24.3 Å². The summed E-state index contributed by atoms with van der Waals surface area (Å²) >= 11 is 0. The highest BCUT2D eigenvalue weighted by Gasteiger charge is 2.30. The molecule has 0 atom stereocenters. The third-order valence-electron chi connectivity index (χ3n) is 5.66. The molecule has 0 N–H and O–H groups in total. The Morgan fingerprint density at radius 2 is 1.68 bits per heavy atom. The third kappa shape index (κ3) is 5.64. The SMILES string of the molecule is CC(C)(C)C(=O)COC(=O)c1cc(S(=O)(=O)N2CCOCC2)ccc1N1CCCCC1. The van der Waals surface area contributed by atoms with Gasteiger partial charge in [0, 0.05) is 31.6 Å². The number of ketones is 1. The summed E-state index contributed by atoms with van der Waals surface area (Å²) in [5.41, 5.74) is 0.198. The number of benzene rings is 1. The number of carbonyl (C=O) groups excluding carboxylic acids is 2. The van der Waals surface area contributed by atoms with Crippen molar-refractivity contribution in [1.29, 1.82) is 0 Å². The van der Waals surface area contributed by atoms with E-state index in [4.69, 9.17) is 9.47 Å². The summed E-state index contributed by atoms with van der Waals surface area (Å²) in [5.74, 6) is -0.880. The number of nitrogens with zero attached hydrogens (tertiary/aromatic N) is 2. The Labute approximate surface area is 184 Å². The molecule has 0 amide bonds. The van der Waals surface area contributed by atoms with Crippen LogP contribution >= 0.6 is 0 Å². The molecule has 0 aliphatic carbocycles. The van der Waals surface area contributed by atoms with E-state index in [2.05, 4.69) is 4.90 Å². The lowest BCUT2D eigenvalue weighted by Crippen LogP contribution is -2.40. The molecule has 0 saturated carbocycles. The van der Waals surface area contributed by atoms with Gasteiger partial charge in [-0.1, -0.05) is 20.8 Å². The van der Waals surface area contributed by atoms with Crippen LogP contribution in [0.3, 0.4) is 0 Å². The Morgan fingerprint density at radius 1 is 1.03 bits per heavy atom. The molecule has 31 heavy (non-hydrogen) atoms. The Hall–Kier alpha value is -1.97. The van der Waals surface area contributed by atoms with Gasteiger partial charge in [-0.3, -0.25) is 4.79 Å². The van der Waals surface area contributed by atoms with Crippen LogP contribution in [-0.4, -0.2) is 70.5 Å². The maximum Gasteiger partial charge on any atom is 0.340 e. The molecule has 0 aromatic heterocycles. The van der Waals surface area contributed by atoms with E-state index in [1.54, 1.807) is 32.9 Å². The van der Waals surface area contributed by atoms with Gasteiger partial charge in [0.25, 0.3) is 0 Å². The van der Waals surface area contributed by atoms with Gasteiger partial charge in [0.15, 0.2) is 12.4 Å². The lowest BCUT2D eigenvalue weighted by molar-refractivity contribution is -0.129. The summed E-state index contributed by atoms with van der Waals surface area (Å²) in [4.78, 5) is 27.3. The maximum absolute atomic E-state index is 13.1. The molecule has 2 saturated heterocycles. The van der Waals surface area contributed by atoms with Crippen molar-refractivity contribution in [3.63, 3.8) is 0 Å². The number of rotatable bonds is 6. The number of hydrogen-bond acceptors (Lipinski definition) is 7. The summed E-state index contributed by atoms with van der Waals surface area (Å²) in [6.07, 6.45) is 3.13. The van der Waals surface area contributed by atoms with E-state index in [0.29, 0.717) is 18.9 Å². The van der Waals surface area contributed by atoms with Gasteiger partial charge in [0.2, 0.25) is 10.0 Å². The van der Waals surface area contributed by atoms with Crippen LogP contribution in [0, 0.1) is 5.41 Å². The smallest absolute Gasteiger partial charge is 0.340 e. The van der Waals surface area contributed by atoms with Crippen LogP contribution in [0.1, 0.15) is 50.4 Å². The van der Waals surface area contributed by atoms with Gasteiger partial charge in [0.1, 0.15) is 0 Å². The number of sulfonamides is 1. The Balaban J connectivity index is 1.91. The zero-order valence-electron chi connectivity index (χ0n) is 18.6. The zero-order valence-corrected chi connectivity index (χ0v) is 19.4. The second-order valence-corrected chi connectivity index (χ2v) is 10.9. The van der Waals surface area contributed by atoms with Crippen molar-refractivity contribution in [2.75, 3.05) is 50.9 Å². The van der Waals surface area contributed by atoms with Crippen molar-refractivity contribution in [2.45, 2.75) is 44.9 Å². The molecule has 9 heteroatoms. The predicted octanol–water partition coefficient (Wildman–Crippen LogP) is 2.47. The first-order valence-electron chi connectivity index (χ1n) is 10.8. The molecule has 0 unspecified atom stereocenters. The topological polar surface area (TPSA) is 93.2 Å². The molecule has 2 aliphatic heterocycles. The molecule has 172 valence electrons. The molecule has 0 radical (unpaired) electrons. The maximum atomic E-state index is 13.1. The molecule has 8 nitrogen and oxygen atoms in total. The molecule has 0 spiro atoms. The van der Waals surface area contributed by atoms with Crippen LogP contribution in [0.25, 0.3) is 0 Å². The number of morpholine rings is 1. The summed E-state index contributed by atoms with van der Waals surface area (Å²) < 4.78 is 38.1. The minimum absolute atomic E-state index is 0.0456. The van der Waals surface area contributed by atoms with E-state index in [0.717, 1.165) is 32.4 Å². The number of anilines is 1. The third-order valence-corrected chi connectivity index (χ3v) is 7.56. The number of ether oxygens (including phenoxy) is 2. The van der Waals surface area contributed by atoms with Gasteiger partial charge in [-0.25, -0.2) is 13.2 Å².